The SMILES string of the molecule is Cc1cc(C)c2ccc(N3CCC(C(C)(C)O)CC3)nc2n1. The fraction of sp³-hybridized carbons (Fsp3) is 0.556. The van der Waals surface area contributed by atoms with Crippen molar-refractivity contribution in [2.75, 3.05) is 18.0 Å². The van der Waals surface area contributed by atoms with E-state index in [-0.39, 0.29) is 0 Å². The summed E-state index contributed by atoms with van der Waals surface area (Å²) in [6.07, 6.45) is 2.01. The molecule has 0 aromatic carbocycles. The van der Waals surface area contributed by atoms with Crippen LogP contribution in [0.2, 0.25) is 0 Å². The van der Waals surface area contributed by atoms with E-state index in [1.807, 2.05) is 20.8 Å². The summed E-state index contributed by atoms with van der Waals surface area (Å²) in [6, 6.07) is 6.32. The Balaban J connectivity index is 1.83. The Kier molecular flexibility index (Phi) is 3.81. The van der Waals surface area contributed by atoms with Gasteiger partial charge < -0.3 is 10.0 Å². The van der Waals surface area contributed by atoms with Crippen molar-refractivity contribution < 1.29 is 5.11 Å². The highest BCUT2D eigenvalue weighted by Crippen LogP contribution is 2.30. The van der Waals surface area contributed by atoms with Crippen LogP contribution in [-0.2, 0) is 0 Å². The lowest BCUT2D eigenvalue weighted by atomic mass is 9.83. The Morgan fingerprint density at radius 1 is 1.14 bits per heavy atom. The molecule has 4 heteroatoms. The van der Waals surface area contributed by atoms with Gasteiger partial charge in [0.2, 0.25) is 0 Å². The van der Waals surface area contributed by atoms with E-state index in [0.29, 0.717) is 5.92 Å². The first-order chi connectivity index (χ1) is 10.3. The average molecular weight is 299 g/mol. The number of aromatic nitrogens is 2. The van der Waals surface area contributed by atoms with E-state index >= 15 is 0 Å². The van der Waals surface area contributed by atoms with Gasteiger partial charge in [0.05, 0.1) is 5.60 Å². The third-order valence-corrected chi connectivity index (χ3v) is 4.81. The van der Waals surface area contributed by atoms with Crippen molar-refractivity contribution in [2.24, 2.45) is 5.92 Å². The van der Waals surface area contributed by atoms with Crippen molar-refractivity contribution in [3.8, 4) is 0 Å². The maximum absolute atomic E-state index is 10.2. The largest absolute Gasteiger partial charge is 0.390 e. The summed E-state index contributed by atoms with van der Waals surface area (Å²) in [7, 11) is 0. The lowest BCUT2D eigenvalue weighted by Gasteiger charge is -2.38. The smallest absolute Gasteiger partial charge is 0.162 e. The van der Waals surface area contributed by atoms with Crippen molar-refractivity contribution in [3.63, 3.8) is 0 Å². The summed E-state index contributed by atoms with van der Waals surface area (Å²) in [5.41, 5.74) is 2.48. The van der Waals surface area contributed by atoms with Crippen LogP contribution in [-0.4, -0.2) is 33.8 Å². The van der Waals surface area contributed by atoms with E-state index in [0.717, 1.165) is 48.5 Å². The molecule has 1 aliphatic heterocycles. The molecule has 2 aromatic heterocycles. The fourth-order valence-corrected chi connectivity index (χ4v) is 3.41. The van der Waals surface area contributed by atoms with E-state index in [2.05, 4.69) is 35.0 Å². The maximum Gasteiger partial charge on any atom is 0.162 e. The number of aryl methyl sites for hydroxylation is 2. The number of hydrogen-bond donors (Lipinski definition) is 1. The molecule has 1 aliphatic rings. The lowest BCUT2D eigenvalue weighted by Crippen LogP contribution is -2.42. The number of pyridine rings is 2. The van der Waals surface area contributed by atoms with Crippen LogP contribution in [0.4, 0.5) is 5.82 Å². The molecular weight excluding hydrogens is 274 g/mol. The van der Waals surface area contributed by atoms with Crippen LogP contribution in [0.15, 0.2) is 18.2 Å². The molecule has 1 N–H and O–H groups in total. The van der Waals surface area contributed by atoms with Gasteiger partial charge in [0.25, 0.3) is 0 Å². The molecule has 0 spiro atoms. The van der Waals surface area contributed by atoms with Gasteiger partial charge >= 0.3 is 0 Å². The van der Waals surface area contributed by atoms with Gasteiger partial charge in [-0.3, -0.25) is 0 Å². The van der Waals surface area contributed by atoms with Gasteiger partial charge in [0, 0.05) is 24.2 Å². The minimum Gasteiger partial charge on any atom is -0.390 e. The molecule has 0 atom stereocenters. The number of hydrogen-bond acceptors (Lipinski definition) is 4. The molecule has 0 unspecified atom stereocenters. The number of aliphatic hydroxyl groups is 1. The zero-order chi connectivity index (χ0) is 15.9. The predicted octanol–water partition coefficient (Wildman–Crippen LogP) is 3.23. The second kappa shape index (κ2) is 5.51. The predicted molar refractivity (Wildman–Crippen MR) is 90.2 cm³/mol. The van der Waals surface area contributed by atoms with E-state index in [9.17, 15) is 5.11 Å². The number of fused-ring (bicyclic) bond motifs is 1. The highest BCUT2D eigenvalue weighted by molar-refractivity contribution is 5.80. The van der Waals surface area contributed by atoms with Crippen LogP contribution in [0, 0.1) is 19.8 Å². The molecule has 3 heterocycles. The molecular formula is C18H25N3O. The second-order valence-electron chi connectivity index (χ2n) is 7.04. The molecule has 0 aliphatic carbocycles. The van der Waals surface area contributed by atoms with Crippen molar-refractivity contribution in [3.05, 3.63) is 29.5 Å². The normalized spacial score (nSPS) is 17.2. The molecule has 0 bridgehead atoms. The Morgan fingerprint density at radius 3 is 2.45 bits per heavy atom. The van der Waals surface area contributed by atoms with Crippen molar-refractivity contribution >= 4 is 16.9 Å². The number of piperidine rings is 1. The van der Waals surface area contributed by atoms with E-state index in [4.69, 9.17) is 4.98 Å². The monoisotopic (exact) mass is 299 g/mol. The molecule has 0 saturated carbocycles. The Hall–Kier alpha value is -1.68. The first-order valence-corrected chi connectivity index (χ1v) is 8.07. The lowest BCUT2D eigenvalue weighted by molar-refractivity contribution is 0.00646. The van der Waals surface area contributed by atoms with Crippen LogP contribution < -0.4 is 4.90 Å². The summed E-state index contributed by atoms with van der Waals surface area (Å²) < 4.78 is 0. The van der Waals surface area contributed by atoms with E-state index in [1.54, 1.807) is 0 Å². The van der Waals surface area contributed by atoms with Crippen molar-refractivity contribution in [1.82, 2.24) is 9.97 Å². The highest BCUT2D eigenvalue weighted by atomic mass is 16.3. The zero-order valence-electron chi connectivity index (χ0n) is 13.9. The van der Waals surface area contributed by atoms with Gasteiger partial charge in [-0.15, -0.1) is 0 Å². The minimum absolute atomic E-state index is 0.367. The molecule has 22 heavy (non-hydrogen) atoms. The zero-order valence-corrected chi connectivity index (χ0v) is 13.9. The summed E-state index contributed by atoms with van der Waals surface area (Å²) in [5, 5.41) is 11.3. The van der Waals surface area contributed by atoms with Gasteiger partial charge in [-0.25, -0.2) is 9.97 Å². The quantitative estimate of drug-likeness (QED) is 0.925. The number of anilines is 1. The van der Waals surface area contributed by atoms with Crippen LogP contribution >= 0.6 is 0 Å². The van der Waals surface area contributed by atoms with Gasteiger partial charge in [0.15, 0.2) is 5.65 Å². The Bertz CT molecular complexity index is 683. The summed E-state index contributed by atoms with van der Waals surface area (Å²) in [4.78, 5) is 11.6. The summed E-state index contributed by atoms with van der Waals surface area (Å²) >= 11 is 0. The molecule has 0 amide bonds. The van der Waals surface area contributed by atoms with E-state index in [1.165, 1.54) is 5.56 Å². The van der Waals surface area contributed by atoms with Gasteiger partial charge in [0.1, 0.15) is 5.82 Å². The molecule has 2 aromatic rings. The van der Waals surface area contributed by atoms with Crippen molar-refractivity contribution in [1.29, 1.82) is 0 Å². The molecule has 118 valence electrons. The first-order valence-electron chi connectivity index (χ1n) is 8.07. The minimum atomic E-state index is -0.585. The number of nitrogens with zero attached hydrogens (tertiary/aromatic N) is 3. The summed E-state index contributed by atoms with van der Waals surface area (Å²) in [5.74, 6) is 1.37. The molecule has 0 radical (unpaired) electrons. The van der Waals surface area contributed by atoms with Gasteiger partial charge in [-0.05, 0) is 70.2 Å². The first kappa shape index (κ1) is 15.2. The Morgan fingerprint density at radius 2 is 1.82 bits per heavy atom. The standard InChI is InChI=1S/C18H25N3O/c1-12-11-13(2)19-17-15(12)5-6-16(20-17)21-9-7-14(8-10-21)18(3,4)22/h5-6,11,14,22H,7-10H2,1-4H3. The fourth-order valence-electron chi connectivity index (χ4n) is 3.41. The van der Waals surface area contributed by atoms with Crippen LogP contribution in [0.3, 0.4) is 0 Å². The average Bonchev–Trinajstić information content (AvgIpc) is 2.45. The number of rotatable bonds is 2. The van der Waals surface area contributed by atoms with Crippen molar-refractivity contribution in [2.45, 2.75) is 46.1 Å². The molecule has 1 saturated heterocycles. The molecule has 1 fully saturated rings. The molecule has 4 nitrogen and oxygen atoms in total. The van der Waals surface area contributed by atoms with E-state index < -0.39 is 5.60 Å². The Labute approximate surface area is 132 Å². The van der Waals surface area contributed by atoms with Crippen LogP contribution in [0.1, 0.15) is 37.9 Å². The maximum atomic E-state index is 10.2. The van der Waals surface area contributed by atoms with Crippen LogP contribution in [0.5, 0.6) is 0 Å². The summed E-state index contributed by atoms with van der Waals surface area (Å²) in [6.45, 7) is 9.83. The second-order valence-corrected chi connectivity index (χ2v) is 7.04. The van der Waals surface area contributed by atoms with Gasteiger partial charge in [-0.2, -0.15) is 0 Å². The third-order valence-electron chi connectivity index (χ3n) is 4.81. The highest BCUT2D eigenvalue weighted by Gasteiger charge is 2.30. The van der Waals surface area contributed by atoms with Crippen LogP contribution in [0.25, 0.3) is 11.0 Å². The topological polar surface area (TPSA) is 49.2 Å². The van der Waals surface area contributed by atoms with Gasteiger partial charge in [-0.1, -0.05) is 0 Å². The third kappa shape index (κ3) is 2.93. The molecule has 3 rings (SSSR count).